The van der Waals surface area contributed by atoms with Crippen molar-refractivity contribution < 1.29 is 5.11 Å². The smallest absolute Gasteiger partial charge is 0.349 e. The van der Waals surface area contributed by atoms with Gasteiger partial charge in [-0.2, -0.15) is 5.10 Å². The van der Waals surface area contributed by atoms with Crippen molar-refractivity contribution in [1.29, 1.82) is 0 Å². The van der Waals surface area contributed by atoms with E-state index in [-0.39, 0.29) is 18.3 Å². The van der Waals surface area contributed by atoms with Crippen LogP contribution in [0.25, 0.3) is 5.65 Å². The van der Waals surface area contributed by atoms with Gasteiger partial charge in [-0.3, -0.25) is 0 Å². The van der Waals surface area contributed by atoms with E-state index in [1.807, 2.05) is 6.92 Å². The van der Waals surface area contributed by atoms with E-state index in [9.17, 15) is 4.79 Å². The Bertz CT molecular complexity index is 589. The Balaban J connectivity index is 2.22. The topological polar surface area (TPSA) is 95.3 Å². The Labute approximate surface area is 104 Å². The third-order valence-electron chi connectivity index (χ3n) is 2.76. The lowest BCUT2D eigenvalue weighted by Gasteiger charge is -2.14. The van der Waals surface area contributed by atoms with E-state index in [0.717, 1.165) is 12.8 Å². The van der Waals surface area contributed by atoms with Gasteiger partial charge >= 0.3 is 5.69 Å². The first-order valence-electron chi connectivity index (χ1n) is 5.94. The third-order valence-corrected chi connectivity index (χ3v) is 2.76. The van der Waals surface area contributed by atoms with Gasteiger partial charge in [0.15, 0.2) is 5.65 Å². The number of aromatic amines is 1. The Hall–Kier alpha value is -1.89. The number of hydrogen-bond acceptors (Lipinski definition) is 5. The fraction of sp³-hybridized carbons (Fsp3) is 0.545. The monoisotopic (exact) mass is 251 g/mol. The second-order valence-electron chi connectivity index (χ2n) is 4.32. The number of anilines is 1. The molecule has 0 aliphatic rings. The summed E-state index contributed by atoms with van der Waals surface area (Å²) >= 11 is 0. The molecule has 2 aromatic heterocycles. The molecule has 1 unspecified atom stereocenters. The van der Waals surface area contributed by atoms with Gasteiger partial charge in [0.1, 0.15) is 11.6 Å². The summed E-state index contributed by atoms with van der Waals surface area (Å²) in [5, 5.41) is 18.3. The van der Waals surface area contributed by atoms with Crippen LogP contribution in [-0.2, 0) is 0 Å². The van der Waals surface area contributed by atoms with Crippen molar-refractivity contribution in [3.8, 4) is 0 Å². The van der Waals surface area contributed by atoms with Gasteiger partial charge in [0.2, 0.25) is 0 Å². The first-order chi connectivity index (χ1) is 8.61. The summed E-state index contributed by atoms with van der Waals surface area (Å²) in [6, 6.07) is 1.93. The first kappa shape index (κ1) is 12.6. The second-order valence-corrected chi connectivity index (χ2v) is 4.32. The number of aliphatic hydroxyl groups is 1. The number of aliphatic hydroxyl groups excluding tert-OH is 1. The summed E-state index contributed by atoms with van der Waals surface area (Å²) in [5.41, 5.74) is 0.263. The van der Waals surface area contributed by atoms with Crippen LogP contribution in [0.3, 0.4) is 0 Å². The molecule has 0 saturated carbocycles. The lowest BCUT2D eigenvalue weighted by Crippen LogP contribution is -2.18. The Morgan fingerprint density at radius 1 is 1.61 bits per heavy atom. The minimum Gasteiger partial charge on any atom is -0.396 e. The molecule has 1 atom stereocenters. The summed E-state index contributed by atoms with van der Waals surface area (Å²) in [5.74, 6) is 1.27. The predicted octanol–water partition coefficient (Wildman–Crippen LogP) is 0.299. The molecular weight excluding hydrogens is 234 g/mol. The molecule has 0 spiro atoms. The van der Waals surface area contributed by atoms with Crippen LogP contribution >= 0.6 is 0 Å². The average Bonchev–Trinajstić information content (AvgIpc) is 2.68. The first-order valence-corrected chi connectivity index (χ1v) is 5.94. The van der Waals surface area contributed by atoms with Gasteiger partial charge in [-0.1, -0.05) is 0 Å². The van der Waals surface area contributed by atoms with Gasteiger partial charge in [-0.15, -0.1) is 0 Å². The van der Waals surface area contributed by atoms with Crippen LogP contribution in [-0.4, -0.2) is 37.3 Å². The van der Waals surface area contributed by atoms with E-state index in [1.54, 1.807) is 13.0 Å². The van der Waals surface area contributed by atoms with Crippen LogP contribution in [0.1, 0.15) is 25.6 Å². The lowest BCUT2D eigenvalue weighted by atomic mass is 10.2. The molecule has 0 amide bonds. The highest BCUT2D eigenvalue weighted by Gasteiger charge is 2.08. The van der Waals surface area contributed by atoms with Gasteiger partial charge in [-0.25, -0.2) is 19.3 Å². The molecule has 2 rings (SSSR count). The summed E-state index contributed by atoms with van der Waals surface area (Å²) in [4.78, 5) is 15.7. The zero-order valence-corrected chi connectivity index (χ0v) is 10.5. The third kappa shape index (κ3) is 2.51. The zero-order chi connectivity index (χ0) is 13.1. The van der Waals surface area contributed by atoms with E-state index in [1.165, 1.54) is 4.40 Å². The molecule has 0 radical (unpaired) electrons. The number of nitrogens with zero attached hydrogens (tertiary/aromatic N) is 3. The average molecular weight is 251 g/mol. The van der Waals surface area contributed by atoms with Crippen molar-refractivity contribution >= 4 is 11.5 Å². The van der Waals surface area contributed by atoms with Gasteiger partial charge in [0.25, 0.3) is 0 Å². The summed E-state index contributed by atoms with van der Waals surface area (Å²) < 4.78 is 1.42. The Kier molecular flexibility index (Phi) is 3.61. The summed E-state index contributed by atoms with van der Waals surface area (Å²) in [7, 11) is 0. The molecule has 18 heavy (non-hydrogen) atoms. The molecule has 0 saturated heterocycles. The van der Waals surface area contributed by atoms with Crippen molar-refractivity contribution in [2.75, 3.05) is 11.9 Å². The molecule has 7 nitrogen and oxygen atoms in total. The van der Waals surface area contributed by atoms with Gasteiger partial charge in [0.05, 0.1) is 0 Å². The Morgan fingerprint density at radius 2 is 2.39 bits per heavy atom. The summed E-state index contributed by atoms with van der Waals surface area (Å²) in [6.07, 6.45) is 1.60. The fourth-order valence-electron chi connectivity index (χ4n) is 1.89. The van der Waals surface area contributed by atoms with Crippen LogP contribution in [0.4, 0.5) is 5.82 Å². The van der Waals surface area contributed by atoms with Crippen LogP contribution < -0.4 is 11.0 Å². The van der Waals surface area contributed by atoms with Crippen molar-refractivity contribution in [3.63, 3.8) is 0 Å². The number of aromatic nitrogens is 4. The summed E-state index contributed by atoms with van der Waals surface area (Å²) in [6.45, 7) is 3.97. The maximum absolute atomic E-state index is 11.4. The largest absolute Gasteiger partial charge is 0.396 e. The number of H-pyrrole nitrogens is 1. The van der Waals surface area contributed by atoms with Crippen LogP contribution in [0.5, 0.6) is 0 Å². The number of rotatable bonds is 5. The minimum absolute atomic E-state index is 0.187. The highest BCUT2D eigenvalue weighted by atomic mass is 16.2. The highest BCUT2D eigenvalue weighted by Crippen LogP contribution is 2.10. The lowest BCUT2D eigenvalue weighted by molar-refractivity contribution is 0.282. The minimum atomic E-state index is -0.283. The van der Waals surface area contributed by atoms with Gasteiger partial charge in [-0.05, 0) is 26.7 Å². The standard InChI is InChI=1S/C11H17N5O2/c1-7(4-3-5-17)12-9-6-10-14-15-11(18)16(10)8(2)13-9/h6-7,12,17H,3-5H2,1-2H3,(H,15,18). The van der Waals surface area contributed by atoms with Crippen LogP contribution in [0.2, 0.25) is 0 Å². The molecule has 3 N–H and O–H groups in total. The molecule has 2 aromatic rings. The van der Waals surface area contributed by atoms with E-state index < -0.39 is 0 Å². The van der Waals surface area contributed by atoms with Crippen molar-refractivity contribution in [1.82, 2.24) is 19.6 Å². The van der Waals surface area contributed by atoms with E-state index >= 15 is 0 Å². The normalized spacial score (nSPS) is 12.8. The number of nitrogens with one attached hydrogen (secondary N) is 2. The fourth-order valence-corrected chi connectivity index (χ4v) is 1.89. The molecule has 98 valence electrons. The second kappa shape index (κ2) is 5.18. The maximum atomic E-state index is 11.4. The quantitative estimate of drug-likeness (QED) is 0.710. The number of hydrogen-bond donors (Lipinski definition) is 3. The molecule has 0 aliphatic carbocycles. The Morgan fingerprint density at radius 3 is 3.11 bits per heavy atom. The SMILES string of the molecule is Cc1nc(NC(C)CCCO)cc2n[nH]c(=O)n12. The molecule has 2 heterocycles. The molecule has 0 fully saturated rings. The number of fused-ring (bicyclic) bond motifs is 1. The van der Waals surface area contributed by atoms with E-state index in [4.69, 9.17) is 5.11 Å². The maximum Gasteiger partial charge on any atom is 0.349 e. The van der Waals surface area contributed by atoms with Crippen molar-refractivity contribution in [2.45, 2.75) is 32.7 Å². The molecule has 0 aromatic carbocycles. The molecule has 7 heteroatoms. The predicted molar refractivity (Wildman–Crippen MR) is 67.7 cm³/mol. The van der Waals surface area contributed by atoms with Gasteiger partial charge in [0, 0.05) is 18.7 Å². The van der Waals surface area contributed by atoms with Crippen molar-refractivity contribution in [3.05, 3.63) is 22.4 Å². The van der Waals surface area contributed by atoms with E-state index in [0.29, 0.717) is 17.3 Å². The zero-order valence-electron chi connectivity index (χ0n) is 10.5. The van der Waals surface area contributed by atoms with E-state index in [2.05, 4.69) is 20.5 Å². The van der Waals surface area contributed by atoms with Crippen LogP contribution in [0.15, 0.2) is 10.9 Å². The van der Waals surface area contributed by atoms with Gasteiger partial charge < -0.3 is 10.4 Å². The molecule has 0 bridgehead atoms. The molecule has 0 aliphatic heterocycles. The number of aryl methyl sites for hydroxylation is 1. The van der Waals surface area contributed by atoms with Crippen LogP contribution in [0, 0.1) is 6.92 Å². The molecular formula is C11H17N5O2. The van der Waals surface area contributed by atoms with Crippen molar-refractivity contribution in [2.24, 2.45) is 0 Å². The highest BCUT2D eigenvalue weighted by molar-refractivity contribution is 5.49.